The largest absolute Gasteiger partial charge is 0.310 e. The number of anilines is 3. The first kappa shape index (κ1) is 32.0. The molecule has 262 valence electrons. The van der Waals surface area contributed by atoms with Gasteiger partial charge in [-0.1, -0.05) is 133 Å². The molecule has 0 unspecified atom stereocenters. The summed E-state index contributed by atoms with van der Waals surface area (Å²) in [6, 6.07) is 74.4. The second-order valence-electron chi connectivity index (χ2n) is 14.4. The van der Waals surface area contributed by atoms with Crippen molar-refractivity contribution in [1.29, 1.82) is 0 Å². The number of aromatic nitrogens is 2. The molecule has 3 heteroatoms. The Hall–Kier alpha value is -7.49. The van der Waals surface area contributed by atoms with Crippen LogP contribution in [-0.4, -0.2) is 9.38 Å². The molecule has 3 heterocycles. The van der Waals surface area contributed by atoms with Crippen molar-refractivity contribution < 1.29 is 0 Å². The van der Waals surface area contributed by atoms with Crippen LogP contribution in [0.15, 0.2) is 212 Å². The van der Waals surface area contributed by atoms with Gasteiger partial charge in [0.25, 0.3) is 0 Å². The van der Waals surface area contributed by atoms with E-state index in [9.17, 15) is 0 Å². The number of pyridine rings is 1. The maximum atomic E-state index is 4.71. The lowest BCUT2D eigenvalue weighted by atomic mass is 9.99. The molecular formula is C53H35N3. The van der Waals surface area contributed by atoms with E-state index in [1.54, 1.807) is 0 Å². The van der Waals surface area contributed by atoms with Gasteiger partial charge in [-0.3, -0.25) is 4.98 Å². The van der Waals surface area contributed by atoms with E-state index in [0.29, 0.717) is 0 Å². The normalized spacial score (nSPS) is 11.6. The fourth-order valence-corrected chi connectivity index (χ4v) is 8.50. The molecule has 0 saturated heterocycles. The zero-order valence-corrected chi connectivity index (χ0v) is 30.5. The Labute approximate surface area is 325 Å². The summed E-state index contributed by atoms with van der Waals surface area (Å²) in [5, 5.41) is 5.00. The van der Waals surface area contributed by atoms with Gasteiger partial charge in [-0.2, -0.15) is 0 Å². The highest BCUT2D eigenvalue weighted by molar-refractivity contribution is 6.24. The zero-order valence-electron chi connectivity index (χ0n) is 30.5. The third kappa shape index (κ3) is 5.32. The number of fused-ring (bicyclic) bond motifs is 6. The molecule has 56 heavy (non-hydrogen) atoms. The van der Waals surface area contributed by atoms with Crippen molar-refractivity contribution in [2.75, 3.05) is 4.90 Å². The van der Waals surface area contributed by atoms with Crippen molar-refractivity contribution in [3.8, 4) is 44.6 Å². The molecule has 0 aliphatic carbocycles. The van der Waals surface area contributed by atoms with Gasteiger partial charge in [0.05, 0.1) is 22.2 Å². The second-order valence-corrected chi connectivity index (χ2v) is 14.4. The van der Waals surface area contributed by atoms with Gasteiger partial charge in [-0.25, -0.2) is 0 Å². The third-order valence-electron chi connectivity index (χ3n) is 11.2. The molecule has 0 radical (unpaired) electrons. The van der Waals surface area contributed by atoms with E-state index in [1.165, 1.54) is 65.9 Å². The van der Waals surface area contributed by atoms with Crippen molar-refractivity contribution in [1.82, 2.24) is 9.38 Å². The predicted octanol–water partition coefficient (Wildman–Crippen LogP) is 14.4. The van der Waals surface area contributed by atoms with Crippen molar-refractivity contribution in [3.05, 3.63) is 212 Å². The fraction of sp³-hybridized carbons (Fsp3) is 0. The molecular weight excluding hydrogens is 679 g/mol. The zero-order chi connectivity index (χ0) is 37.0. The Balaban J connectivity index is 1.05. The fourth-order valence-electron chi connectivity index (χ4n) is 8.50. The van der Waals surface area contributed by atoms with E-state index < -0.39 is 0 Å². The Kier molecular flexibility index (Phi) is 7.49. The monoisotopic (exact) mass is 713 g/mol. The number of rotatable bonds is 7. The van der Waals surface area contributed by atoms with Gasteiger partial charge in [0.2, 0.25) is 0 Å². The molecule has 8 aromatic carbocycles. The van der Waals surface area contributed by atoms with E-state index in [2.05, 4.69) is 209 Å². The molecule has 0 amide bonds. The lowest BCUT2D eigenvalue weighted by Gasteiger charge is -2.26. The highest BCUT2D eigenvalue weighted by Gasteiger charge is 2.20. The van der Waals surface area contributed by atoms with Crippen LogP contribution in [0.5, 0.6) is 0 Å². The van der Waals surface area contributed by atoms with Crippen molar-refractivity contribution >= 4 is 55.2 Å². The molecule has 0 N–H and O–H groups in total. The minimum atomic E-state index is 0.985. The molecule has 3 aromatic heterocycles. The molecule has 0 bridgehead atoms. The van der Waals surface area contributed by atoms with Crippen LogP contribution in [0.25, 0.3) is 82.7 Å². The molecule has 0 aliphatic heterocycles. The first-order chi connectivity index (χ1) is 27.8. The number of para-hydroxylation sites is 1. The summed E-state index contributed by atoms with van der Waals surface area (Å²) in [6.07, 6.45) is 1.87. The molecule has 0 spiro atoms. The number of nitrogens with zero attached hydrogens (tertiary/aromatic N) is 3. The summed E-state index contributed by atoms with van der Waals surface area (Å²) in [6.45, 7) is 0. The van der Waals surface area contributed by atoms with Gasteiger partial charge in [-0.05, 0) is 106 Å². The Morgan fingerprint density at radius 2 is 0.857 bits per heavy atom. The van der Waals surface area contributed by atoms with Gasteiger partial charge in [0.15, 0.2) is 0 Å². The van der Waals surface area contributed by atoms with E-state index >= 15 is 0 Å². The van der Waals surface area contributed by atoms with Crippen LogP contribution in [0.2, 0.25) is 0 Å². The number of benzene rings is 8. The SMILES string of the molecule is c1ccc(-c2ccc(N(c3ccc(-c4ccccc4)cc3)c3cccc(-c4ccc5c6cc(-c7ccccn7)cc7c8ccccc8n(c5c4)c76)c3)cc2)cc1. The van der Waals surface area contributed by atoms with E-state index in [1.807, 2.05) is 12.3 Å². The van der Waals surface area contributed by atoms with E-state index in [0.717, 1.165) is 33.9 Å². The first-order valence-corrected chi connectivity index (χ1v) is 19.1. The van der Waals surface area contributed by atoms with Crippen LogP contribution >= 0.6 is 0 Å². The second kappa shape index (κ2) is 13.1. The third-order valence-corrected chi connectivity index (χ3v) is 11.2. The maximum Gasteiger partial charge on any atom is 0.0702 e. The summed E-state index contributed by atoms with van der Waals surface area (Å²) >= 11 is 0. The highest BCUT2D eigenvalue weighted by Crippen LogP contribution is 2.43. The molecule has 3 nitrogen and oxygen atoms in total. The summed E-state index contributed by atoms with van der Waals surface area (Å²) in [7, 11) is 0. The Morgan fingerprint density at radius 3 is 1.50 bits per heavy atom. The van der Waals surface area contributed by atoms with Gasteiger partial charge in [-0.15, -0.1) is 0 Å². The summed E-state index contributed by atoms with van der Waals surface area (Å²) in [4.78, 5) is 7.07. The van der Waals surface area contributed by atoms with Crippen LogP contribution in [-0.2, 0) is 0 Å². The van der Waals surface area contributed by atoms with Crippen LogP contribution in [0.4, 0.5) is 17.1 Å². The smallest absolute Gasteiger partial charge is 0.0702 e. The average Bonchev–Trinajstić information content (AvgIpc) is 3.79. The molecule has 11 aromatic rings. The lowest BCUT2D eigenvalue weighted by molar-refractivity contribution is 1.28. The Morgan fingerprint density at radius 1 is 0.321 bits per heavy atom. The molecule has 0 aliphatic rings. The van der Waals surface area contributed by atoms with Crippen LogP contribution in [0, 0.1) is 0 Å². The summed E-state index contributed by atoms with van der Waals surface area (Å²) in [5.74, 6) is 0. The highest BCUT2D eigenvalue weighted by atomic mass is 15.1. The molecule has 0 fully saturated rings. The van der Waals surface area contributed by atoms with Crippen LogP contribution in [0.1, 0.15) is 0 Å². The van der Waals surface area contributed by atoms with Crippen LogP contribution < -0.4 is 4.90 Å². The van der Waals surface area contributed by atoms with Crippen molar-refractivity contribution in [3.63, 3.8) is 0 Å². The van der Waals surface area contributed by atoms with Gasteiger partial charge >= 0.3 is 0 Å². The van der Waals surface area contributed by atoms with Gasteiger partial charge in [0.1, 0.15) is 0 Å². The quantitative estimate of drug-likeness (QED) is 0.164. The Bertz CT molecular complexity index is 3070. The lowest BCUT2D eigenvalue weighted by Crippen LogP contribution is -2.10. The minimum absolute atomic E-state index is 0.985. The molecule has 11 rings (SSSR count). The van der Waals surface area contributed by atoms with Crippen molar-refractivity contribution in [2.24, 2.45) is 0 Å². The first-order valence-electron chi connectivity index (χ1n) is 19.1. The topological polar surface area (TPSA) is 20.5 Å². The van der Waals surface area contributed by atoms with Crippen molar-refractivity contribution in [2.45, 2.75) is 0 Å². The van der Waals surface area contributed by atoms with Gasteiger partial charge in [0, 0.05) is 50.4 Å². The predicted molar refractivity (Wildman–Crippen MR) is 235 cm³/mol. The average molecular weight is 714 g/mol. The maximum absolute atomic E-state index is 4.71. The number of hydrogen-bond donors (Lipinski definition) is 0. The minimum Gasteiger partial charge on any atom is -0.310 e. The molecule has 0 atom stereocenters. The summed E-state index contributed by atoms with van der Waals surface area (Å²) < 4.78 is 2.46. The van der Waals surface area contributed by atoms with Crippen LogP contribution in [0.3, 0.4) is 0 Å². The van der Waals surface area contributed by atoms with E-state index in [-0.39, 0.29) is 0 Å². The van der Waals surface area contributed by atoms with E-state index in [4.69, 9.17) is 4.98 Å². The summed E-state index contributed by atoms with van der Waals surface area (Å²) in [5.41, 5.74) is 16.2. The standard InChI is InChI=1S/C53H35N3/c1-3-12-36(13-4-1)38-21-26-43(27-22-38)55(44-28-23-39(24-29-44)37-14-5-2-6-15-37)45-17-11-16-40(32-45)41-25-30-47-49-34-42(50-19-9-10-31-54-50)33-48-46-18-7-8-20-51(46)56(53(48)49)52(47)35-41/h1-35H. The number of hydrogen-bond acceptors (Lipinski definition) is 2. The molecule has 0 saturated carbocycles. The van der Waals surface area contributed by atoms with Gasteiger partial charge < -0.3 is 9.30 Å².